The number of anilines is 2. The van der Waals surface area contributed by atoms with Gasteiger partial charge < -0.3 is 23.5 Å². The molecule has 1 aliphatic rings. The monoisotopic (exact) mass is 565 g/mol. The number of amides is 1. The lowest BCUT2D eigenvalue weighted by molar-refractivity contribution is 0.0566. The van der Waals surface area contributed by atoms with E-state index in [1.54, 1.807) is 12.1 Å². The molecule has 224 valence electrons. The van der Waals surface area contributed by atoms with E-state index in [2.05, 4.69) is 42.5 Å². The maximum atomic E-state index is 13.8. The number of benzene rings is 1. The molecule has 0 saturated carbocycles. The van der Waals surface area contributed by atoms with Crippen LogP contribution in [0.4, 0.5) is 11.8 Å². The SMILES string of the molecule is COC(=O)c1ccc(Nc2nc3ccc(C(=O)N(CCC(C)C)CCC(C)C)cc3n2CCCN2CCCCC2)o1. The van der Waals surface area contributed by atoms with E-state index in [0.717, 1.165) is 69.6 Å². The first-order valence-electron chi connectivity index (χ1n) is 15.2. The quantitative estimate of drug-likeness (QED) is 0.221. The molecule has 0 spiro atoms. The van der Waals surface area contributed by atoms with Crippen molar-refractivity contribution >= 4 is 34.7 Å². The van der Waals surface area contributed by atoms with Crippen LogP contribution < -0.4 is 5.32 Å². The Balaban J connectivity index is 1.61. The molecular formula is C32H47N5O4. The van der Waals surface area contributed by atoms with Gasteiger partial charge in [-0.1, -0.05) is 34.1 Å². The van der Waals surface area contributed by atoms with Crippen molar-refractivity contribution in [3.05, 3.63) is 41.7 Å². The third kappa shape index (κ3) is 8.35. The highest BCUT2D eigenvalue weighted by atomic mass is 16.5. The van der Waals surface area contributed by atoms with Gasteiger partial charge in [0.15, 0.2) is 0 Å². The van der Waals surface area contributed by atoms with Gasteiger partial charge >= 0.3 is 5.97 Å². The van der Waals surface area contributed by atoms with Crippen molar-refractivity contribution in [3.63, 3.8) is 0 Å². The van der Waals surface area contributed by atoms with E-state index in [1.165, 1.54) is 26.4 Å². The molecule has 2 aromatic heterocycles. The molecule has 0 unspecified atom stereocenters. The van der Waals surface area contributed by atoms with Gasteiger partial charge in [-0.2, -0.15) is 0 Å². The number of piperidine rings is 1. The Labute approximate surface area is 244 Å². The van der Waals surface area contributed by atoms with Crippen LogP contribution in [-0.4, -0.2) is 71.1 Å². The summed E-state index contributed by atoms with van der Waals surface area (Å²) in [5, 5.41) is 3.26. The number of furan rings is 1. The summed E-state index contributed by atoms with van der Waals surface area (Å²) in [5.74, 6) is 1.74. The zero-order valence-corrected chi connectivity index (χ0v) is 25.4. The summed E-state index contributed by atoms with van der Waals surface area (Å²) >= 11 is 0. The summed E-state index contributed by atoms with van der Waals surface area (Å²) in [6.45, 7) is 14.4. The molecule has 9 nitrogen and oxygen atoms in total. The second-order valence-electron chi connectivity index (χ2n) is 12.0. The number of esters is 1. The summed E-state index contributed by atoms with van der Waals surface area (Å²) in [6, 6.07) is 9.08. The first-order chi connectivity index (χ1) is 19.7. The summed E-state index contributed by atoms with van der Waals surface area (Å²) in [5.41, 5.74) is 2.39. The van der Waals surface area contributed by atoms with Gasteiger partial charge in [-0.3, -0.25) is 10.1 Å². The van der Waals surface area contributed by atoms with Crippen molar-refractivity contribution < 1.29 is 18.7 Å². The van der Waals surface area contributed by atoms with Gasteiger partial charge in [-0.15, -0.1) is 0 Å². The van der Waals surface area contributed by atoms with Crippen LogP contribution in [0.15, 0.2) is 34.7 Å². The van der Waals surface area contributed by atoms with Crippen molar-refractivity contribution in [3.8, 4) is 0 Å². The number of nitrogens with zero attached hydrogens (tertiary/aromatic N) is 4. The second kappa shape index (κ2) is 14.5. The van der Waals surface area contributed by atoms with Crippen LogP contribution >= 0.6 is 0 Å². The summed E-state index contributed by atoms with van der Waals surface area (Å²) < 4.78 is 12.6. The Bertz CT molecular complexity index is 1280. The van der Waals surface area contributed by atoms with E-state index in [9.17, 15) is 9.59 Å². The topological polar surface area (TPSA) is 92.8 Å². The Morgan fingerprint density at radius 3 is 2.37 bits per heavy atom. The van der Waals surface area contributed by atoms with Gasteiger partial charge in [0.05, 0.1) is 18.1 Å². The average molecular weight is 566 g/mol. The van der Waals surface area contributed by atoms with Crippen LogP contribution in [0.25, 0.3) is 11.0 Å². The van der Waals surface area contributed by atoms with Gasteiger partial charge in [0.1, 0.15) is 0 Å². The van der Waals surface area contributed by atoms with E-state index in [4.69, 9.17) is 14.1 Å². The zero-order valence-electron chi connectivity index (χ0n) is 25.4. The molecule has 1 aromatic carbocycles. The summed E-state index contributed by atoms with van der Waals surface area (Å²) in [6.07, 6.45) is 6.75. The van der Waals surface area contributed by atoms with Gasteiger partial charge in [-0.05, 0) is 87.8 Å². The molecule has 1 amide bonds. The van der Waals surface area contributed by atoms with Gasteiger partial charge in [-0.25, -0.2) is 9.78 Å². The molecule has 1 saturated heterocycles. The number of rotatable bonds is 14. The van der Waals surface area contributed by atoms with E-state index in [-0.39, 0.29) is 11.7 Å². The molecule has 41 heavy (non-hydrogen) atoms. The highest BCUT2D eigenvalue weighted by Gasteiger charge is 2.20. The number of ether oxygens (including phenoxy) is 1. The van der Waals surface area contributed by atoms with Gasteiger partial charge in [0, 0.05) is 31.3 Å². The van der Waals surface area contributed by atoms with Crippen LogP contribution in [0, 0.1) is 11.8 Å². The molecular weight excluding hydrogens is 518 g/mol. The van der Waals surface area contributed by atoms with Crippen LogP contribution in [0.1, 0.15) is 87.1 Å². The number of hydrogen-bond donors (Lipinski definition) is 1. The highest BCUT2D eigenvalue weighted by Crippen LogP contribution is 2.27. The molecule has 1 N–H and O–H groups in total. The highest BCUT2D eigenvalue weighted by molar-refractivity contribution is 5.98. The van der Waals surface area contributed by atoms with Crippen molar-refractivity contribution in [1.82, 2.24) is 19.4 Å². The van der Waals surface area contributed by atoms with Crippen LogP contribution in [0.2, 0.25) is 0 Å². The van der Waals surface area contributed by atoms with Gasteiger partial charge in [0.2, 0.25) is 17.6 Å². The second-order valence-corrected chi connectivity index (χ2v) is 12.0. The number of carbonyl (C=O) groups is 2. The van der Waals surface area contributed by atoms with Crippen LogP contribution in [0.3, 0.4) is 0 Å². The largest absolute Gasteiger partial charge is 0.463 e. The fourth-order valence-electron chi connectivity index (χ4n) is 5.26. The smallest absolute Gasteiger partial charge is 0.374 e. The van der Waals surface area contributed by atoms with Crippen molar-refractivity contribution in [1.29, 1.82) is 0 Å². The third-order valence-electron chi connectivity index (χ3n) is 7.77. The minimum absolute atomic E-state index is 0.0672. The average Bonchev–Trinajstić information content (AvgIpc) is 3.57. The Hall–Kier alpha value is -3.33. The van der Waals surface area contributed by atoms with Crippen LogP contribution in [-0.2, 0) is 11.3 Å². The number of imidazole rings is 1. The lowest BCUT2D eigenvalue weighted by Gasteiger charge is -2.26. The minimum atomic E-state index is -0.532. The number of methoxy groups -OCH3 is 1. The molecule has 0 aliphatic carbocycles. The van der Waals surface area contributed by atoms with E-state index in [0.29, 0.717) is 29.2 Å². The molecule has 4 rings (SSSR count). The minimum Gasteiger partial charge on any atom is -0.463 e. The fourth-order valence-corrected chi connectivity index (χ4v) is 5.26. The molecule has 0 atom stereocenters. The fraction of sp³-hybridized carbons (Fsp3) is 0.594. The number of aromatic nitrogens is 2. The predicted molar refractivity (Wildman–Crippen MR) is 163 cm³/mol. The first kappa shape index (κ1) is 30.6. The Morgan fingerprint density at radius 2 is 1.71 bits per heavy atom. The number of likely N-dealkylation sites (tertiary alicyclic amines) is 1. The summed E-state index contributed by atoms with van der Waals surface area (Å²) in [4.78, 5) is 35.0. The molecule has 0 bridgehead atoms. The standard InChI is InChI=1S/C32H47N5O4/c1-23(2)14-20-36(21-15-24(3)4)30(38)25-10-11-26-27(22-25)37(19-9-18-35-16-7-6-8-17-35)32(33-26)34-29-13-12-28(41-29)31(39)40-5/h10-13,22-24H,6-9,14-21H2,1-5H3,(H,33,34). The Kier molecular flexibility index (Phi) is 10.9. The van der Waals surface area contributed by atoms with Gasteiger partial charge in [0.25, 0.3) is 5.91 Å². The number of hydrogen-bond acceptors (Lipinski definition) is 7. The maximum absolute atomic E-state index is 13.8. The van der Waals surface area contributed by atoms with Crippen molar-refractivity contribution in [2.24, 2.45) is 11.8 Å². The lowest BCUT2D eigenvalue weighted by atomic mass is 10.1. The molecule has 1 aliphatic heterocycles. The molecule has 0 radical (unpaired) electrons. The van der Waals surface area contributed by atoms with Crippen LogP contribution in [0.5, 0.6) is 0 Å². The number of fused-ring (bicyclic) bond motifs is 1. The maximum Gasteiger partial charge on any atom is 0.374 e. The predicted octanol–water partition coefficient (Wildman–Crippen LogP) is 6.57. The number of carbonyl (C=O) groups excluding carboxylic acids is 2. The van der Waals surface area contributed by atoms with E-state index >= 15 is 0 Å². The molecule has 9 heteroatoms. The number of nitrogens with one attached hydrogen (secondary N) is 1. The first-order valence-corrected chi connectivity index (χ1v) is 15.2. The lowest BCUT2D eigenvalue weighted by Crippen LogP contribution is -2.34. The summed E-state index contributed by atoms with van der Waals surface area (Å²) in [7, 11) is 1.32. The normalized spacial score (nSPS) is 14.2. The van der Waals surface area contributed by atoms with Crippen molar-refractivity contribution in [2.75, 3.05) is 45.2 Å². The van der Waals surface area contributed by atoms with E-state index in [1.807, 2.05) is 23.1 Å². The zero-order chi connectivity index (χ0) is 29.4. The number of aryl methyl sites for hydroxylation is 1. The Morgan fingerprint density at radius 1 is 1.00 bits per heavy atom. The molecule has 3 heterocycles. The van der Waals surface area contributed by atoms with Crippen molar-refractivity contribution in [2.45, 2.75) is 72.8 Å². The third-order valence-corrected chi connectivity index (χ3v) is 7.77. The molecule has 3 aromatic rings. The van der Waals surface area contributed by atoms with E-state index < -0.39 is 5.97 Å². The molecule has 1 fully saturated rings.